The van der Waals surface area contributed by atoms with E-state index >= 15 is 0 Å². The van der Waals surface area contributed by atoms with Gasteiger partial charge < -0.3 is 10.4 Å². The molecular formula is C17H22FN5O3. The van der Waals surface area contributed by atoms with Crippen molar-refractivity contribution in [2.45, 2.75) is 45.7 Å². The van der Waals surface area contributed by atoms with E-state index in [-0.39, 0.29) is 12.3 Å². The number of carboxylic acid groups (broad SMARTS) is 1. The van der Waals surface area contributed by atoms with Crippen LogP contribution in [0.15, 0.2) is 24.3 Å². The predicted molar refractivity (Wildman–Crippen MR) is 90.7 cm³/mol. The summed E-state index contributed by atoms with van der Waals surface area (Å²) >= 11 is 0. The molecule has 2 rings (SSSR count). The number of carbonyl (C=O) groups is 2. The van der Waals surface area contributed by atoms with E-state index in [2.05, 4.69) is 20.8 Å². The first-order chi connectivity index (χ1) is 12.3. The van der Waals surface area contributed by atoms with Gasteiger partial charge in [-0.15, -0.1) is 5.10 Å². The molecule has 0 fully saturated rings. The van der Waals surface area contributed by atoms with E-state index in [1.807, 2.05) is 13.8 Å². The van der Waals surface area contributed by atoms with E-state index in [0.29, 0.717) is 17.8 Å². The van der Waals surface area contributed by atoms with Crippen molar-refractivity contribution in [2.75, 3.05) is 0 Å². The standard InChI is InChI=1S/C17H22FN5O3/c1-10(2)7-14(17(25)26)19-16(24)15(23-11(3)20-21-22-23)9-12-5-4-6-13(18)8-12/h4-6,8,10,14-15H,7,9H2,1-3H3,(H,19,24)(H,25,26)/t14-,15?/m1/s1. The molecule has 8 nitrogen and oxygen atoms in total. The van der Waals surface area contributed by atoms with E-state index in [1.54, 1.807) is 19.1 Å². The maximum absolute atomic E-state index is 13.5. The third kappa shape index (κ3) is 5.08. The number of aliphatic carboxylic acids is 1. The summed E-state index contributed by atoms with van der Waals surface area (Å²) in [7, 11) is 0. The van der Waals surface area contributed by atoms with Gasteiger partial charge in [0.1, 0.15) is 23.7 Å². The number of hydrogen-bond acceptors (Lipinski definition) is 5. The number of amides is 1. The zero-order valence-corrected chi connectivity index (χ0v) is 14.9. The van der Waals surface area contributed by atoms with Gasteiger partial charge in [-0.1, -0.05) is 26.0 Å². The van der Waals surface area contributed by atoms with Gasteiger partial charge in [-0.25, -0.2) is 13.9 Å². The van der Waals surface area contributed by atoms with E-state index in [0.717, 1.165) is 0 Å². The minimum Gasteiger partial charge on any atom is -0.480 e. The van der Waals surface area contributed by atoms with Crippen LogP contribution in [0.3, 0.4) is 0 Å². The van der Waals surface area contributed by atoms with Crippen molar-refractivity contribution in [3.8, 4) is 0 Å². The maximum atomic E-state index is 13.5. The molecule has 1 heterocycles. The molecule has 140 valence electrons. The number of carboxylic acids is 1. The molecule has 26 heavy (non-hydrogen) atoms. The summed E-state index contributed by atoms with van der Waals surface area (Å²) in [5.41, 5.74) is 0.579. The molecule has 1 aromatic heterocycles. The molecule has 2 aromatic rings. The average molecular weight is 363 g/mol. The van der Waals surface area contributed by atoms with Gasteiger partial charge in [0.05, 0.1) is 0 Å². The van der Waals surface area contributed by atoms with Gasteiger partial charge in [0.15, 0.2) is 0 Å². The third-order valence-corrected chi connectivity index (χ3v) is 3.90. The first-order valence-electron chi connectivity index (χ1n) is 8.30. The lowest BCUT2D eigenvalue weighted by Crippen LogP contribution is -2.45. The van der Waals surface area contributed by atoms with Crippen molar-refractivity contribution in [1.82, 2.24) is 25.5 Å². The number of aromatic nitrogens is 4. The molecule has 0 saturated heterocycles. The van der Waals surface area contributed by atoms with Crippen LogP contribution in [0.4, 0.5) is 4.39 Å². The number of tetrazole rings is 1. The lowest BCUT2D eigenvalue weighted by molar-refractivity contribution is -0.142. The number of aryl methyl sites for hydroxylation is 1. The summed E-state index contributed by atoms with van der Waals surface area (Å²) in [6.45, 7) is 5.38. The summed E-state index contributed by atoms with van der Waals surface area (Å²) in [4.78, 5) is 24.2. The van der Waals surface area contributed by atoms with Crippen LogP contribution in [0.25, 0.3) is 0 Å². The topological polar surface area (TPSA) is 110 Å². The van der Waals surface area contributed by atoms with Gasteiger partial charge in [0.2, 0.25) is 5.91 Å². The quantitative estimate of drug-likeness (QED) is 0.736. The Morgan fingerprint density at radius 1 is 1.35 bits per heavy atom. The second kappa shape index (κ2) is 8.50. The molecule has 2 N–H and O–H groups in total. The Labute approximate surface area is 150 Å². The summed E-state index contributed by atoms with van der Waals surface area (Å²) in [6, 6.07) is 3.96. The highest BCUT2D eigenvalue weighted by molar-refractivity contribution is 5.86. The van der Waals surface area contributed by atoms with Gasteiger partial charge in [-0.2, -0.15) is 0 Å². The monoisotopic (exact) mass is 363 g/mol. The molecule has 1 unspecified atom stereocenters. The van der Waals surface area contributed by atoms with E-state index in [9.17, 15) is 19.1 Å². The summed E-state index contributed by atoms with van der Waals surface area (Å²) < 4.78 is 14.8. The van der Waals surface area contributed by atoms with Crippen LogP contribution < -0.4 is 5.32 Å². The number of nitrogens with one attached hydrogen (secondary N) is 1. The Hall–Kier alpha value is -2.84. The number of halogens is 1. The Morgan fingerprint density at radius 3 is 2.62 bits per heavy atom. The van der Waals surface area contributed by atoms with E-state index < -0.39 is 29.8 Å². The first kappa shape index (κ1) is 19.5. The molecule has 1 aromatic carbocycles. The van der Waals surface area contributed by atoms with Gasteiger partial charge >= 0.3 is 5.97 Å². The Bertz CT molecular complexity index is 777. The number of rotatable bonds is 8. The zero-order valence-electron chi connectivity index (χ0n) is 14.9. The highest BCUT2D eigenvalue weighted by Gasteiger charge is 2.29. The second-order valence-corrected chi connectivity index (χ2v) is 6.55. The molecular weight excluding hydrogens is 341 g/mol. The number of nitrogens with zero attached hydrogens (tertiary/aromatic N) is 4. The fourth-order valence-electron chi connectivity index (χ4n) is 2.66. The Morgan fingerprint density at radius 2 is 2.08 bits per heavy atom. The van der Waals surface area contributed by atoms with Crippen molar-refractivity contribution in [1.29, 1.82) is 0 Å². The molecule has 2 atom stereocenters. The van der Waals surface area contributed by atoms with Gasteiger partial charge in [-0.3, -0.25) is 4.79 Å². The fourth-order valence-corrected chi connectivity index (χ4v) is 2.66. The van der Waals surface area contributed by atoms with Crippen LogP contribution in [0, 0.1) is 18.7 Å². The van der Waals surface area contributed by atoms with Gasteiger partial charge in [-0.05, 0) is 47.4 Å². The lowest BCUT2D eigenvalue weighted by atomic mass is 10.0. The van der Waals surface area contributed by atoms with Gasteiger partial charge in [0, 0.05) is 6.42 Å². The molecule has 0 aliphatic heterocycles. The van der Waals surface area contributed by atoms with Crippen molar-refractivity contribution in [3.05, 3.63) is 41.5 Å². The van der Waals surface area contributed by atoms with Crippen molar-refractivity contribution in [3.63, 3.8) is 0 Å². The van der Waals surface area contributed by atoms with Crippen molar-refractivity contribution in [2.24, 2.45) is 5.92 Å². The largest absolute Gasteiger partial charge is 0.480 e. The maximum Gasteiger partial charge on any atom is 0.326 e. The zero-order chi connectivity index (χ0) is 19.3. The molecule has 0 saturated carbocycles. The Kier molecular flexibility index (Phi) is 6.37. The number of benzene rings is 1. The first-order valence-corrected chi connectivity index (χ1v) is 8.30. The normalized spacial score (nSPS) is 13.4. The molecule has 0 spiro atoms. The highest BCUT2D eigenvalue weighted by atomic mass is 19.1. The van der Waals surface area contributed by atoms with Crippen LogP contribution in [0.2, 0.25) is 0 Å². The van der Waals surface area contributed by atoms with Crippen molar-refractivity contribution < 1.29 is 19.1 Å². The molecule has 1 amide bonds. The summed E-state index contributed by atoms with van der Waals surface area (Å²) in [5.74, 6) is -1.56. The number of hydrogen-bond donors (Lipinski definition) is 2. The van der Waals surface area contributed by atoms with Crippen LogP contribution in [0.1, 0.15) is 37.7 Å². The minimum atomic E-state index is -1.11. The summed E-state index contributed by atoms with van der Waals surface area (Å²) in [6.07, 6.45) is 0.422. The number of carbonyl (C=O) groups excluding carboxylic acids is 1. The highest BCUT2D eigenvalue weighted by Crippen LogP contribution is 2.17. The Balaban J connectivity index is 2.27. The summed E-state index contributed by atoms with van der Waals surface area (Å²) in [5, 5.41) is 23.0. The molecule has 0 aliphatic carbocycles. The molecule has 0 radical (unpaired) electrons. The molecule has 0 aliphatic rings. The van der Waals surface area contributed by atoms with Gasteiger partial charge in [0.25, 0.3) is 0 Å². The van der Waals surface area contributed by atoms with E-state index in [4.69, 9.17) is 0 Å². The minimum absolute atomic E-state index is 0.0906. The second-order valence-electron chi connectivity index (χ2n) is 6.55. The molecule has 9 heteroatoms. The fraction of sp³-hybridized carbons (Fsp3) is 0.471. The average Bonchev–Trinajstić information content (AvgIpc) is 2.97. The molecule has 0 bridgehead atoms. The van der Waals surface area contributed by atoms with Crippen LogP contribution in [0.5, 0.6) is 0 Å². The lowest BCUT2D eigenvalue weighted by Gasteiger charge is -2.22. The van der Waals surface area contributed by atoms with Crippen molar-refractivity contribution >= 4 is 11.9 Å². The third-order valence-electron chi connectivity index (χ3n) is 3.90. The van der Waals surface area contributed by atoms with Crippen LogP contribution in [-0.2, 0) is 16.0 Å². The predicted octanol–water partition coefficient (Wildman–Crippen LogP) is 1.52. The smallest absolute Gasteiger partial charge is 0.326 e. The SMILES string of the molecule is Cc1nnnn1C(Cc1cccc(F)c1)C(=O)N[C@H](CC(C)C)C(=O)O. The van der Waals surface area contributed by atoms with E-state index in [1.165, 1.54) is 16.8 Å². The van der Waals surface area contributed by atoms with Crippen LogP contribution in [-0.4, -0.2) is 43.2 Å². The van der Waals surface area contributed by atoms with Crippen LogP contribution >= 0.6 is 0 Å².